The van der Waals surface area contributed by atoms with Gasteiger partial charge in [-0.3, -0.25) is 9.59 Å². The maximum atomic E-state index is 12.1. The van der Waals surface area contributed by atoms with E-state index in [4.69, 9.17) is 9.47 Å². The standard InChI is InChI=1S/C21H22N2O5/c1-2-27-21(26)15-8-10-16(11-9-15)22-19(24)14-28-18-6-3-5-17(13-18)23-12-4-7-20(23)25/h3,5-6,8-11,13H,2,4,7,12,14H2,1H3,(H,22,24). The van der Waals surface area contributed by atoms with Crippen LogP contribution >= 0.6 is 0 Å². The molecule has 1 N–H and O–H groups in total. The highest BCUT2D eigenvalue weighted by atomic mass is 16.5. The molecule has 1 heterocycles. The molecular weight excluding hydrogens is 360 g/mol. The highest BCUT2D eigenvalue weighted by Crippen LogP contribution is 2.25. The summed E-state index contributed by atoms with van der Waals surface area (Å²) in [5, 5.41) is 2.71. The fourth-order valence-corrected chi connectivity index (χ4v) is 2.91. The number of hydrogen-bond donors (Lipinski definition) is 1. The van der Waals surface area contributed by atoms with Crippen molar-refractivity contribution in [2.75, 3.05) is 30.0 Å². The first-order valence-electron chi connectivity index (χ1n) is 9.17. The number of carbonyl (C=O) groups is 3. The summed E-state index contributed by atoms with van der Waals surface area (Å²) in [5.74, 6) is -0.113. The molecule has 0 saturated carbocycles. The van der Waals surface area contributed by atoms with E-state index < -0.39 is 5.97 Å². The van der Waals surface area contributed by atoms with Crippen molar-refractivity contribution in [3.8, 4) is 5.75 Å². The number of ether oxygens (including phenoxy) is 2. The van der Waals surface area contributed by atoms with Crippen LogP contribution in [0.5, 0.6) is 5.75 Å². The monoisotopic (exact) mass is 382 g/mol. The van der Waals surface area contributed by atoms with E-state index in [0.29, 0.717) is 36.6 Å². The summed E-state index contributed by atoms with van der Waals surface area (Å²) >= 11 is 0. The number of esters is 1. The van der Waals surface area contributed by atoms with Gasteiger partial charge in [-0.2, -0.15) is 0 Å². The first kappa shape index (κ1) is 19.4. The van der Waals surface area contributed by atoms with E-state index in [9.17, 15) is 14.4 Å². The molecule has 0 spiro atoms. The second kappa shape index (κ2) is 9.03. The van der Waals surface area contributed by atoms with E-state index in [-0.39, 0.29) is 18.4 Å². The number of nitrogens with zero attached hydrogens (tertiary/aromatic N) is 1. The average Bonchev–Trinajstić information content (AvgIpc) is 3.13. The van der Waals surface area contributed by atoms with E-state index in [1.54, 1.807) is 54.3 Å². The third-order valence-corrected chi connectivity index (χ3v) is 4.25. The summed E-state index contributed by atoms with van der Waals surface area (Å²) in [6, 6.07) is 13.6. The van der Waals surface area contributed by atoms with Gasteiger partial charge in [-0.15, -0.1) is 0 Å². The Morgan fingerprint density at radius 1 is 1.14 bits per heavy atom. The van der Waals surface area contributed by atoms with E-state index in [2.05, 4.69) is 5.32 Å². The maximum Gasteiger partial charge on any atom is 0.338 e. The van der Waals surface area contributed by atoms with Gasteiger partial charge in [-0.25, -0.2) is 4.79 Å². The summed E-state index contributed by atoms with van der Waals surface area (Å²) in [6.07, 6.45) is 1.41. The lowest BCUT2D eigenvalue weighted by Gasteiger charge is -2.16. The number of rotatable bonds is 7. The molecule has 0 aromatic heterocycles. The van der Waals surface area contributed by atoms with Crippen LogP contribution in [0.1, 0.15) is 30.1 Å². The zero-order valence-corrected chi connectivity index (χ0v) is 15.6. The molecule has 2 amide bonds. The summed E-state index contributed by atoms with van der Waals surface area (Å²) in [4.78, 5) is 37.3. The van der Waals surface area contributed by atoms with E-state index in [0.717, 1.165) is 12.1 Å². The zero-order chi connectivity index (χ0) is 19.9. The van der Waals surface area contributed by atoms with Gasteiger partial charge in [0.15, 0.2) is 6.61 Å². The first-order valence-corrected chi connectivity index (χ1v) is 9.17. The maximum absolute atomic E-state index is 12.1. The number of amides is 2. The molecule has 2 aromatic rings. The topological polar surface area (TPSA) is 84.9 Å². The third kappa shape index (κ3) is 4.88. The molecule has 1 fully saturated rings. The van der Waals surface area contributed by atoms with Crippen molar-refractivity contribution >= 4 is 29.2 Å². The molecule has 0 aliphatic carbocycles. The Balaban J connectivity index is 1.53. The molecule has 1 aliphatic heterocycles. The van der Waals surface area contributed by atoms with E-state index >= 15 is 0 Å². The van der Waals surface area contributed by atoms with Crippen LogP contribution in [0.15, 0.2) is 48.5 Å². The van der Waals surface area contributed by atoms with Crippen LogP contribution < -0.4 is 15.0 Å². The summed E-state index contributed by atoms with van der Waals surface area (Å²) in [6.45, 7) is 2.58. The largest absolute Gasteiger partial charge is 0.484 e. The minimum absolute atomic E-state index is 0.0983. The Morgan fingerprint density at radius 3 is 2.61 bits per heavy atom. The second-order valence-corrected chi connectivity index (χ2v) is 6.28. The van der Waals surface area contributed by atoms with Crippen LogP contribution in [-0.2, 0) is 14.3 Å². The summed E-state index contributed by atoms with van der Waals surface area (Å²) in [5.41, 5.74) is 1.75. The molecular formula is C21H22N2O5. The Labute approximate surface area is 163 Å². The number of anilines is 2. The minimum Gasteiger partial charge on any atom is -0.484 e. The van der Waals surface area contributed by atoms with E-state index in [1.807, 2.05) is 6.07 Å². The summed E-state index contributed by atoms with van der Waals surface area (Å²) in [7, 11) is 0. The molecule has 0 unspecified atom stereocenters. The molecule has 1 aliphatic rings. The predicted octanol–water partition coefficient (Wildman–Crippen LogP) is 3.01. The minimum atomic E-state index is -0.403. The number of benzene rings is 2. The third-order valence-electron chi connectivity index (χ3n) is 4.25. The van der Waals surface area contributed by atoms with E-state index in [1.165, 1.54) is 0 Å². The first-order chi connectivity index (χ1) is 13.6. The lowest BCUT2D eigenvalue weighted by Crippen LogP contribution is -2.24. The number of hydrogen-bond acceptors (Lipinski definition) is 5. The SMILES string of the molecule is CCOC(=O)c1ccc(NC(=O)COc2cccc(N3CCCC3=O)c2)cc1. The van der Waals surface area contributed by atoms with Crippen LogP contribution in [0.4, 0.5) is 11.4 Å². The quantitative estimate of drug-likeness (QED) is 0.744. The van der Waals surface area contributed by atoms with Crippen molar-refractivity contribution in [1.82, 2.24) is 0 Å². The van der Waals surface area contributed by atoms with Gasteiger partial charge in [0.1, 0.15) is 5.75 Å². The molecule has 2 aromatic carbocycles. The van der Waals surface area contributed by atoms with Crippen LogP contribution in [-0.4, -0.2) is 37.5 Å². The fourth-order valence-electron chi connectivity index (χ4n) is 2.91. The predicted molar refractivity (Wildman–Crippen MR) is 105 cm³/mol. The van der Waals surface area contributed by atoms with Crippen LogP contribution in [0.25, 0.3) is 0 Å². The van der Waals surface area contributed by atoms with Crippen molar-refractivity contribution in [2.24, 2.45) is 0 Å². The molecule has 7 heteroatoms. The normalized spacial score (nSPS) is 13.3. The number of nitrogens with one attached hydrogen (secondary N) is 1. The molecule has 1 saturated heterocycles. The van der Waals surface area contributed by atoms with Gasteiger partial charge >= 0.3 is 5.97 Å². The molecule has 28 heavy (non-hydrogen) atoms. The highest BCUT2D eigenvalue weighted by molar-refractivity contribution is 5.95. The molecule has 3 rings (SSSR count). The molecule has 146 valence electrons. The van der Waals surface area contributed by atoms with Crippen molar-refractivity contribution < 1.29 is 23.9 Å². The van der Waals surface area contributed by atoms with Gasteiger partial charge in [0.2, 0.25) is 5.91 Å². The Kier molecular flexibility index (Phi) is 6.26. The van der Waals surface area contributed by atoms with Gasteiger partial charge in [-0.1, -0.05) is 6.07 Å². The Bertz CT molecular complexity index is 863. The van der Waals surface area contributed by atoms with Gasteiger partial charge in [0.25, 0.3) is 5.91 Å². The van der Waals surface area contributed by atoms with Crippen molar-refractivity contribution in [1.29, 1.82) is 0 Å². The zero-order valence-electron chi connectivity index (χ0n) is 15.6. The lowest BCUT2D eigenvalue weighted by molar-refractivity contribution is -0.118. The Morgan fingerprint density at radius 2 is 1.93 bits per heavy atom. The van der Waals surface area contributed by atoms with Crippen molar-refractivity contribution in [3.63, 3.8) is 0 Å². The molecule has 7 nitrogen and oxygen atoms in total. The second-order valence-electron chi connectivity index (χ2n) is 6.28. The van der Waals surface area contributed by atoms with Crippen LogP contribution in [0.3, 0.4) is 0 Å². The molecule has 0 bridgehead atoms. The Hall–Kier alpha value is -3.35. The average molecular weight is 382 g/mol. The van der Waals surface area contributed by atoms with Crippen LogP contribution in [0.2, 0.25) is 0 Å². The van der Waals surface area contributed by atoms with Crippen molar-refractivity contribution in [3.05, 3.63) is 54.1 Å². The molecule has 0 radical (unpaired) electrons. The van der Waals surface area contributed by atoms with Crippen molar-refractivity contribution in [2.45, 2.75) is 19.8 Å². The van der Waals surface area contributed by atoms with Crippen LogP contribution in [0, 0.1) is 0 Å². The van der Waals surface area contributed by atoms with Gasteiger partial charge in [-0.05, 0) is 49.7 Å². The van der Waals surface area contributed by atoms with Gasteiger partial charge < -0.3 is 19.7 Å². The van der Waals surface area contributed by atoms with Gasteiger partial charge in [0, 0.05) is 30.4 Å². The smallest absolute Gasteiger partial charge is 0.338 e. The van der Waals surface area contributed by atoms with Gasteiger partial charge in [0.05, 0.1) is 12.2 Å². The fraction of sp³-hybridized carbons (Fsp3) is 0.286. The highest BCUT2D eigenvalue weighted by Gasteiger charge is 2.21. The number of carbonyl (C=O) groups excluding carboxylic acids is 3. The molecule has 0 atom stereocenters. The lowest BCUT2D eigenvalue weighted by atomic mass is 10.2. The summed E-state index contributed by atoms with van der Waals surface area (Å²) < 4.78 is 10.5.